The largest absolute Gasteiger partial charge is 0.333 e. The molecular formula is C14H19ClN2O2. The SMILES string of the molecule is CC(=O)c1ccc(C(=O)N2CCNC[C@H]2C)cc1.Cl. The zero-order valence-corrected chi connectivity index (χ0v) is 12.0. The second kappa shape index (κ2) is 6.68. The molecule has 1 fully saturated rings. The Hall–Kier alpha value is -1.39. The maximum Gasteiger partial charge on any atom is 0.254 e. The molecule has 2 rings (SSSR count). The topological polar surface area (TPSA) is 49.4 Å². The summed E-state index contributed by atoms with van der Waals surface area (Å²) >= 11 is 0. The Kier molecular flexibility index (Phi) is 5.51. The Bertz CT molecular complexity index is 459. The van der Waals surface area contributed by atoms with Crippen LogP contribution in [0.2, 0.25) is 0 Å². The molecule has 1 saturated heterocycles. The van der Waals surface area contributed by atoms with E-state index in [9.17, 15) is 9.59 Å². The van der Waals surface area contributed by atoms with E-state index in [1.165, 1.54) is 6.92 Å². The molecule has 0 aromatic heterocycles. The Morgan fingerprint density at radius 1 is 1.21 bits per heavy atom. The van der Waals surface area contributed by atoms with E-state index in [2.05, 4.69) is 5.32 Å². The summed E-state index contributed by atoms with van der Waals surface area (Å²) in [5.41, 5.74) is 1.29. The van der Waals surface area contributed by atoms with Crippen LogP contribution in [0.5, 0.6) is 0 Å². The lowest BCUT2D eigenvalue weighted by Gasteiger charge is -2.34. The van der Waals surface area contributed by atoms with Gasteiger partial charge in [-0.05, 0) is 26.0 Å². The highest BCUT2D eigenvalue weighted by Crippen LogP contribution is 2.12. The molecule has 0 unspecified atom stereocenters. The van der Waals surface area contributed by atoms with Crippen LogP contribution in [0.4, 0.5) is 0 Å². The normalized spacial score (nSPS) is 18.6. The van der Waals surface area contributed by atoms with Crippen molar-refractivity contribution in [2.24, 2.45) is 0 Å². The van der Waals surface area contributed by atoms with E-state index in [1.54, 1.807) is 24.3 Å². The second-order valence-corrected chi connectivity index (χ2v) is 4.69. The molecule has 0 saturated carbocycles. The van der Waals surface area contributed by atoms with E-state index in [1.807, 2.05) is 11.8 Å². The van der Waals surface area contributed by atoms with Gasteiger partial charge in [-0.25, -0.2) is 0 Å². The van der Waals surface area contributed by atoms with E-state index in [0.29, 0.717) is 11.1 Å². The lowest BCUT2D eigenvalue weighted by Crippen LogP contribution is -2.52. The van der Waals surface area contributed by atoms with Gasteiger partial charge in [-0.15, -0.1) is 12.4 Å². The van der Waals surface area contributed by atoms with Crippen LogP contribution in [-0.4, -0.2) is 42.3 Å². The fourth-order valence-electron chi connectivity index (χ4n) is 2.16. The predicted molar refractivity (Wildman–Crippen MR) is 77.1 cm³/mol. The molecule has 1 atom stereocenters. The molecule has 0 bridgehead atoms. The van der Waals surface area contributed by atoms with Crippen LogP contribution in [0.15, 0.2) is 24.3 Å². The highest BCUT2D eigenvalue weighted by molar-refractivity contribution is 5.97. The molecule has 0 radical (unpaired) electrons. The van der Waals surface area contributed by atoms with Crippen molar-refractivity contribution in [3.63, 3.8) is 0 Å². The summed E-state index contributed by atoms with van der Waals surface area (Å²) in [6.07, 6.45) is 0. The summed E-state index contributed by atoms with van der Waals surface area (Å²) in [4.78, 5) is 25.4. The van der Waals surface area contributed by atoms with Crippen LogP contribution < -0.4 is 5.32 Å². The van der Waals surface area contributed by atoms with Gasteiger partial charge in [-0.3, -0.25) is 9.59 Å². The summed E-state index contributed by atoms with van der Waals surface area (Å²) in [7, 11) is 0. The minimum atomic E-state index is 0. The van der Waals surface area contributed by atoms with Crippen molar-refractivity contribution in [1.29, 1.82) is 0 Å². The van der Waals surface area contributed by atoms with E-state index >= 15 is 0 Å². The molecule has 1 N–H and O–H groups in total. The van der Waals surface area contributed by atoms with Gasteiger partial charge >= 0.3 is 0 Å². The van der Waals surface area contributed by atoms with Crippen molar-refractivity contribution in [3.8, 4) is 0 Å². The first-order valence-corrected chi connectivity index (χ1v) is 6.22. The molecule has 1 heterocycles. The van der Waals surface area contributed by atoms with Gasteiger partial charge in [0.2, 0.25) is 0 Å². The zero-order chi connectivity index (χ0) is 13.1. The summed E-state index contributed by atoms with van der Waals surface area (Å²) in [5, 5.41) is 3.26. The predicted octanol–water partition coefficient (Wildman–Crippen LogP) is 1.74. The minimum absolute atomic E-state index is 0. The number of amides is 1. The number of halogens is 1. The average molecular weight is 283 g/mol. The van der Waals surface area contributed by atoms with Crippen LogP contribution in [0.3, 0.4) is 0 Å². The first-order chi connectivity index (χ1) is 8.59. The fraction of sp³-hybridized carbons (Fsp3) is 0.429. The zero-order valence-electron chi connectivity index (χ0n) is 11.2. The third kappa shape index (κ3) is 3.55. The van der Waals surface area contributed by atoms with E-state index in [-0.39, 0.29) is 30.1 Å². The van der Waals surface area contributed by atoms with Crippen molar-refractivity contribution in [2.45, 2.75) is 19.9 Å². The minimum Gasteiger partial charge on any atom is -0.333 e. The van der Waals surface area contributed by atoms with Crippen molar-refractivity contribution >= 4 is 24.1 Å². The highest BCUT2D eigenvalue weighted by atomic mass is 35.5. The summed E-state index contributed by atoms with van der Waals surface area (Å²) in [6.45, 7) is 5.95. The van der Waals surface area contributed by atoms with E-state index in [0.717, 1.165) is 19.6 Å². The molecule has 4 nitrogen and oxygen atoms in total. The molecule has 5 heteroatoms. The standard InChI is InChI=1S/C14H18N2O2.ClH/c1-10-9-15-7-8-16(10)14(18)13-5-3-12(4-6-13)11(2)17;/h3-6,10,15H,7-9H2,1-2H3;1H/t10-;/m1./s1. The van der Waals surface area contributed by atoms with Gasteiger partial charge in [0, 0.05) is 36.8 Å². The number of benzene rings is 1. The molecule has 1 aliphatic heterocycles. The Balaban J connectivity index is 0.00000180. The maximum absolute atomic E-state index is 12.3. The first-order valence-electron chi connectivity index (χ1n) is 6.22. The number of ketones is 1. The van der Waals surface area contributed by atoms with Crippen LogP contribution in [0.25, 0.3) is 0 Å². The number of nitrogens with one attached hydrogen (secondary N) is 1. The number of Topliss-reactive ketones (excluding diaryl/α,β-unsaturated/α-hetero) is 1. The van der Waals surface area contributed by atoms with E-state index < -0.39 is 0 Å². The number of carbonyl (C=O) groups excluding carboxylic acids is 2. The Morgan fingerprint density at radius 2 is 1.79 bits per heavy atom. The van der Waals surface area contributed by atoms with Crippen molar-refractivity contribution in [1.82, 2.24) is 10.2 Å². The Labute approximate surface area is 119 Å². The summed E-state index contributed by atoms with van der Waals surface area (Å²) in [5.74, 6) is 0.0589. The maximum atomic E-state index is 12.3. The van der Waals surface area contributed by atoms with Gasteiger partial charge in [-0.2, -0.15) is 0 Å². The van der Waals surface area contributed by atoms with Gasteiger partial charge in [0.1, 0.15) is 0 Å². The molecule has 0 aliphatic carbocycles. The van der Waals surface area contributed by atoms with E-state index in [4.69, 9.17) is 0 Å². The number of hydrogen-bond donors (Lipinski definition) is 1. The van der Waals surface area contributed by atoms with Crippen LogP contribution in [0, 0.1) is 0 Å². The number of rotatable bonds is 2. The molecule has 1 aromatic rings. The van der Waals surface area contributed by atoms with Gasteiger partial charge < -0.3 is 10.2 Å². The smallest absolute Gasteiger partial charge is 0.254 e. The third-order valence-corrected chi connectivity index (χ3v) is 3.30. The molecule has 1 aromatic carbocycles. The number of hydrogen-bond acceptors (Lipinski definition) is 3. The lowest BCUT2D eigenvalue weighted by molar-refractivity contribution is 0.0655. The number of carbonyl (C=O) groups is 2. The van der Waals surface area contributed by atoms with Crippen LogP contribution in [0.1, 0.15) is 34.6 Å². The molecule has 104 valence electrons. The molecule has 1 amide bonds. The molecule has 1 aliphatic rings. The molecule has 19 heavy (non-hydrogen) atoms. The highest BCUT2D eigenvalue weighted by Gasteiger charge is 2.23. The monoisotopic (exact) mass is 282 g/mol. The van der Waals surface area contributed by atoms with Gasteiger partial charge in [0.15, 0.2) is 5.78 Å². The first kappa shape index (κ1) is 15.7. The van der Waals surface area contributed by atoms with Gasteiger partial charge in [0.05, 0.1) is 0 Å². The summed E-state index contributed by atoms with van der Waals surface area (Å²) < 4.78 is 0. The number of nitrogens with zero attached hydrogens (tertiary/aromatic N) is 1. The molecule has 0 spiro atoms. The van der Waals surface area contributed by atoms with Crippen LogP contribution in [-0.2, 0) is 0 Å². The van der Waals surface area contributed by atoms with Gasteiger partial charge in [0.25, 0.3) is 5.91 Å². The van der Waals surface area contributed by atoms with Crippen LogP contribution >= 0.6 is 12.4 Å². The quantitative estimate of drug-likeness (QED) is 0.841. The molecular weight excluding hydrogens is 264 g/mol. The second-order valence-electron chi connectivity index (χ2n) is 4.69. The average Bonchev–Trinajstić information content (AvgIpc) is 2.38. The Morgan fingerprint density at radius 3 is 2.32 bits per heavy atom. The van der Waals surface area contributed by atoms with Crippen molar-refractivity contribution in [2.75, 3.05) is 19.6 Å². The number of piperazine rings is 1. The summed E-state index contributed by atoms with van der Waals surface area (Å²) in [6, 6.07) is 7.09. The van der Waals surface area contributed by atoms with Crippen molar-refractivity contribution in [3.05, 3.63) is 35.4 Å². The van der Waals surface area contributed by atoms with Gasteiger partial charge in [-0.1, -0.05) is 12.1 Å². The van der Waals surface area contributed by atoms with Crippen molar-refractivity contribution < 1.29 is 9.59 Å². The lowest BCUT2D eigenvalue weighted by atomic mass is 10.1. The fourth-order valence-corrected chi connectivity index (χ4v) is 2.16. The third-order valence-electron chi connectivity index (χ3n) is 3.30.